The van der Waals surface area contributed by atoms with Gasteiger partial charge in [0.15, 0.2) is 17.4 Å². The summed E-state index contributed by atoms with van der Waals surface area (Å²) in [5, 5.41) is 12.0. The fraction of sp³-hybridized carbons (Fsp3) is 0.562. The third-order valence-electron chi connectivity index (χ3n) is 3.05. The van der Waals surface area contributed by atoms with E-state index in [-0.39, 0.29) is 18.4 Å². The van der Waals surface area contributed by atoms with Gasteiger partial charge in [0.2, 0.25) is 0 Å². The van der Waals surface area contributed by atoms with Crippen LogP contribution in [0.15, 0.2) is 12.1 Å². The third kappa shape index (κ3) is 5.68. The number of ether oxygens (including phenoxy) is 1. The van der Waals surface area contributed by atoms with Gasteiger partial charge in [0.25, 0.3) is 0 Å². The highest BCUT2D eigenvalue weighted by Crippen LogP contribution is 2.25. The SMILES string of the molecule is CC(C)NCc1cc(F)c(OCCC(C)(C)C#N)c(F)c1. The van der Waals surface area contributed by atoms with Crippen LogP contribution in [0.3, 0.4) is 0 Å². The summed E-state index contributed by atoms with van der Waals surface area (Å²) in [7, 11) is 0. The van der Waals surface area contributed by atoms with Crippen LogP contribution >= 0.6 is 0 Å². The van der Waals surface area contributed by atoms with Gasteiger partial charge in [-0.15, -0.1) is 0 Å². The monoisotopic (exact) mass is 296 g/mol. The van der Waals surface area contributed by atoms with Crippen LogP contribution in [0.25, 0.3) is 0 Å². The average Bonchev–Trinajstić information content (AvgIpc) is 2.39. The molecular weight excluding hydrogens is 274 g/mol. The van der Waals surface area contributed by atoms with Crippen molar-refractivity contribution in [1.82, 2.24) is 5.32 Å². The Morgan fingerprint density at radius 2 is 1.86 bits per heavy atom. The van der Waals surface area contributed by atoms with Crippen LogP contribution in [0.4, 0.5) is 8.78 Å². The Hall–Kier alpha value is -1.67. The Morgan fingerprint density at radius 3 is 2.33 bits per heavy atom. The van der Waals surface area contributed by atoms with Gasteiger partial charge in [-0.3, -0.25) is 0 Å². The van der Waals surface area contributed by atoms with Crippen molar-refractivity contribution in [1.29, 1.82) is 5.26 Å². The highest BCUT2D eigenvalue weighted by Gasteiger charge is 2.18. The Kier molecular flexibility index (Phi) is 6.10. The molecular formula is C16H22F2N2O. The minimum Gasteiger partial charge on any atom is -0.488 e. The maximum atomic E-state index is 13.9. The van der Waals surface area contributed by atoms with Crippen molar-refractivity contribution < 1.29 is 13.5 Å². The molecule has 0 aliphatic rings. The van der Waals surface area contributed by atoms with Crippen molar-refractivity contribution in [3.05, 3.63) is 29.3 Å². The van der Waals surface area contributed by atoms with Crippen molar-refractivity contribution >= 4 is 0 Å². The Bertz CT molecular complexity index is 498. The minimum absolute atomic E-state index is 0.0952. The average molecular weight is 296 g/mol. The van der Waals surface area contributed by atoms with Gasteiger partial charge in [-0.25, -0.2) is 8.78 Å². The number of nitriles is 1. The van der Waals surface area contributed by atoms with Crippen molar-refractivity contribution in [3.63, 3.8) is 0 Å². The zero-order valence-corrected chi connectivity index (χ0v) is 13.0. The molecule has 0 aromatic heterocycles. The summed E-state index contributed by atoms with van der Waals surface area (Å²) in [6, 6.07) is 4.89. The standard InChI is InChI=1S/C16H22F2N2O/c1-11(2)20-9-12-7-13(17)15(14(18)8-12)21-6-5-16(3,4)10-19/h7-8,11,20H,5-6,9H2,1-4H3. The molecule has 1 aromatic rings. The van der Waals surface area contributed by atoms with Crippen molar-refractivity contribution in [2.24, 2.45) is 5.41 Å². The summed E-state index contributed by atoms with van der Waals surface area (Å²) in [6.07, 6.45) is 0.402. The van der Waals surface area contributed by atoms with Crippen LogP contribution in [0.5, 0.6) is 5.75 Å². The second kappa shape index (κ2) is 7.37. The van der Waals surface area contributed by atoms with Gasteiger partial charge in [0, 0.05) is 12.6 Å². The molecule has 0 aliphatic heterocycles. The summed E-state index contributed by atoms with van der Waals surface area (Å²) in [5.41, 5.74) is -0.0444. The highest BCUT2D eigenvalue weighted by atomic mass is 19.1. The second-order valence-electron chi connectivity index (χ2n) is 6.02. The van der Waals surface area contributed by atoms with E-state index in [1.165, 1.54) is 12.1 Å². The molecule has 0 radical (unpaired) electrons. The summed E-state index contributed by atoms with van der Waals surface area (Å²) in [4.78, 5) is 0. The Labute approximate surface area is 124 Å². The normalized spacial score (nSPS) is 11.5. The summed E-state index contributed by atoms with van der Waals surface area (Å²) in [5.74, 6) is -1.81. The van der Waals surface area contributed by atoms with Crippen LogP contribution in [0.2, 0.25) is 0 Å². The topological polar surface area (TPSA) is 45.0 Å². The lowest BCUT2D eigenvalue weighted by Gasteiger charge is -2.16. The van der Waals surface area contributed by atoms with Crippen LogP contribution in [0.1, 0.15) is 39.7 Å². The first-order valence-electron chi connectivity index (χ1n) is 7.00. The number of nitrogens with zero attached hydrogens (tertiary/aromatic N) is 1. The number of benzene rings is 1. The van der Waals surface area contributed by atoms with Gasteiger partial charge in [-0.1, -0.05) is 13.8 Å². The zero-order valence-electron chi connectivity index (χ0n) is 13.0. The van der Waals surface area contributed by atoms with Crippen molar-refractivity contribution in [2.45, 2.75) is 46.7 Å². The number of rotatable bonds is 7. The molecule has 0 fully saturated rings. The molecule has 1 N–H and O–H groups in total. The Balaban J connectivity index is 2.70. The first-order valence-corrected chi connectivity index (χ1v) is 7.00. The first-order chi connectivity index (χ1) is 9.75. The highest BCUT2D eigenvalue weighted by molar-refractivity contribution is 5.31. The Morgan fingerprint density at radius 1 is 1.29 bits per heavy atom. The molecule has 0 heterocycles. The maximum Gasteiger partial charge on any atom is 0.190 e. The lowest BCUT2D eigenvalue weighted by Crippen LogP contribution is -2.22. The summed E-state index contributed by atoms with van der Waals surface area (Å²) >= 11 is 0. The second-order valence-corrected chi connectivity index (χ2v) is 6.02. The largest absolute Gasteiger partial charge is 0.488 e. The van der Waals surface area contributed by atoms with Crippen molar-refractivity contribution in [3.8, 4) is 11.8 Å². The van der Waals surface area contributed by atoms with Gasteiger partial charge in [0.1, 0.15) is 0 Å². The molecule has 21 heavy (non-hydrogen) atoms. The van der Waals surface area contributed by atoms with Crippen LogP contribution in [-0.4, -0.2) is 12.6 Å². The zero-order chi connectivity index (χ0) is 16.0. The molecule has 0 saturated heterocycles. The predicted octanol–water partition coefficient (Wildman–Crippen LogP) is 3.78. The molecule has 1 rings (SSSR count). The lowest BCUT2D eigenvalue weighted by atomic mass is 9.92. The molecule has 0 unspecified atom stereocenters. The van der Waals surface area contributed by atoms with Gasteiger partial charge < -0.3 is 10.1 Å². The smallest absolute Gasteiger partial charge is 0.190 e. The minimum atomic E-state index is -0.717. The van der Waals surface area contributed by atoms with Gasteiger partial charge in [-0.2, -0.15) is 5.26 Å². The van der Waals surface area contributed by atoms with E-state index in [4.69, 9.17) is 10.00 Å². The molecule has 0 saturated carbocycles. The van der Waals surface area contributed by atoms with Crippen molar-refractivity contribution in [2.75, 3.05) is 6.61 Å². The number of hydrogen-bond acceptors (Lipinski definition) is 3. The van der Waals surface area contributed by atoms with Crippen LogP contribution in [-0.2, 0) is 6.54 Å². The predicted molar refractivity (Wildman–Crippen MR) is 77.8 cm³/mol. The molecule has 0 amide bonds. The fourth-order valence-corrected chi connectivity index (χ4v) is 1.64. The van der Waals surface area contributed by atoms with Crippen LogP contribution < -0.4 is 10.1 Å². The van der Waals surface area contributed by atoms with Gasteiger partial charge in [0.05, 0.1) is 18.1 Å². The molecule has 0 aliphatic carbocycles. The quantitative estimate of drug-likeness (QED) is 0.832. The van der Waals surface area contributed by atoms with E-state index in [1.807, 2.05) is 13.8 Å². The molecule has 5 heteroatoms. The third-order valence-corrected chi connectivity index (χ3v) is 3.05. The van der Waals surface area contributed by atoms with Gasteiger partial charge >= 0.3 is 0 Å². The van der Waals surface area contributed by atoms with E-state index in [1.54, 1.807) is 13.8 Å². The summed E-state index contributed by atoms with van der Waals surface area (Å²) in [6.45, 7) is 7.92. The molecule has 1 aromatic carbocycles. The van der Waals surface area contributed by atoms with E-state index in [0.29, 0.717) is 18.5 Å². The van der Waals surface area contributed by atoms with Crippen LogP contribution in [0, 0.1) is 28.4 Å². The first kappa shape index (κ1) is 17.4. The molecule has 0 spiro atoms. The van der Waals surface area contributed by atoms with E-state index in [0.717, 1.165) is 0 Å². The molecule has 116 valence electrons. The summed E-state index contributed by atoms with van der Waals surface area (Å²) < 4.78 is 32.9. The molecule has 0 atom stereocenters. The van der Waals surface area contributed by atoms with E-state index < -0.39 is 17.0 Å². The molecule has 0 bridgehead atoms. The van der Waals surface area contributed by atoms with E-state index in [9.17, 15) is 8.78 Å². The number of halogens is 2. The number of nitrogens with one attached hydrogen (secondary N) is 1. The van der Waals surface area contributed by atoms with Gasteiger partial charge in [-0.05, 0) is 38.0 Å². The number of hydrogen-bond donors (Lipinski definition) is 1. The van der Waals surface area contributed by atoms with E-state index >= 15 is 0 Å². The lowest BCUT2D eigenvalue weighted by molar-refractivity contribution is 0.243. The van der Waals surface area contributed by atoms with E-state index in [2.05, 4.69) is 11.4 Å². The maximum absolute atomic E-state index is 13.9. The fourth-order valence-electron chi connectivity index (χ4n) is 1.64. The molecule has 3 nitrogen and oxygen atoms in total.